The zero-order chi connectivity index (χ0) is 14.6. The molecule has 0 spiro atoms. The summed E-state index contributed by atoms with van der Waals surface area (Å²) in [6, 6.07) is 8.16. The van der Waals surface area contributed by atoms with Crippen LogP contribution in [-0.4, -0.2) is 32.5 Å². The van der Waals surface area contributed by atoms with E-state index in [0.29, 0.717) is 24.2 Å². The minimum atomic E-state index is -2.92. The smallest absolute Gasteiger partial charge is 0.319 e. The molecule has 1 atom stereocenters. The summed E-state index contributed by atoms with van der Waals surface area (Å²) in [7, 11) is -2.92. The van der Waals surface area contributed by atoms with Crippen LogP contribution in [0.15, 0.2) is 24.3 Å². The molecule has 1 fully saturated rings. The summed E-state index contributed by atoms with van der Waals surface area (Å²) in [5.41, 5.74) is 0.991. The Hall–Kier alpha value is -2.07. The molecular formula is C13H15N3O3S. The average molecular weight is 293 g/mol. The zero-order valence-corrected chi connectivity index (χ0v) is 11.6. The van der Waals surface area contributed by atoms with Crippen molar-refractivity contribution in [1.82, 2.24) is 5.32 Å². The van der Waals surface area contributed by atoms with Gasteiger partial charge < -0.3 is 10.6 Å². The lowest BCUT2D eigenvalue weighted by Gasteiger charge is -2.11. The minimum Gasteiger partial charge on any atom is -0.338 e. The van der Waals surface area contributed by atoms with Crippen molar-refractivity contribution in [3.05, 3.63) is 29.8 Å². The van der Waals surface area contributed by atoms with Crippen molar-refractivity contribution < 1.29 is 13.2 Å². The molecule has 0 aromatic heterocycles. The Bertz CT molecular complexity index is 649. The number of carbonyl (C=O) groups is 1. The summed E-state index contributed by atoms with van der Waals surface area (Å²) >= 11 is 0. The van der Waals surface area contributed by atoms with Gasteiger partial charge in [0.05, 0.1) is 23.1 Å². The van der Waals surface area contributed by atoms with E-state index in [0.717, 1.165) is 0 Å². The van der Waals surface area contributed by atoms with Crippen LogP contribution in [0.3, 0.4) is 0 Å². The molecule has 2 amide bonds. The Morgan fingerprint density at radius 2 is 2.25 bits per heavy atom. The number of urea groups is 1. The van der Waals surface area contributed by atoms with Crippen molar-refractivity contribution in [3.63, 3.8) is 0 Å². The standard InChI is InChI=1S/C13H15N3O3S/c14-7-10-2-1-3-12(6-10)16-13(17)15-8-11-4-5-20(18,19)9-11/h1-3,6,11H,4-5,8-9H2,(H2,15,16,17). The molecule has 1 aromatic rings. The van der Waals surface area contributed by atoms with Crippen LogP contribution in [-0.2, 0) is 9.84 Å². The fraction of sp³-hybridized carbons (Fsp3) is 0.385. The highest BCUT2D eigenvalue weighted by Crippen LogP contribution is 2.17. The lowest BCUT2D eigenvalue weighted by Crippen LogP contribution is -2.33. The van der Waals surface area contributed by atoms with Crippen LogP contribution >= 0.6 is 0 Å². The van der Waals surface area contributed by atoms with Gasteiger partial charge in [0, 0.05) is 12.2 Å². The van der Waals surface area contributed by atoms with Crippen molar-refractivity contribution in [3.8, 4) is 6.07 Å². The molecule has 0 radical (unpaired) electrons. The number of nitriles is 1. The van der Waals surface area contributed by atoms with Gasteiger partial charge in [-0.15, -0.1) is 0 Å². The van der Waals surface area contributed by atoms with Crippen LogP contribution in [0.4, 0.5) is 10.5 Å². The fourth-order valence-corrected chi connectivity index (χ4v) is 3.97. The van der Waals surface area contributed by atoms with Gasteiger partial charge in [0.1, 0.15) is 0 Å². The predicted molar refractivity (Wildman–Crippen MR) is 74.9 cm³/mol. The van der Waals surface area contributed by atoms with E-state index in [1.54, 1.807) is 24.3 Å². The Morgan fingerprint density at radius 1 is 1.45 bits per heavy atom. The summed E-state index contributed by atoms with van der Waals surface area (Å²) < 4.78 is 22.6. The van der Waals surface area contributed by atoms with E-state index in [-0.39, 0.29) is 17.4 Å². The van der Waals surface area contributed by atoms with E-state index in [1.807, 2.05) is 6.07 Å². The van der Waals surface area contributed by atoms with E-state index < -0.39 is 15.9 Å². The molecule has 1 aromatic carbocycles. The first-order valence-electron chi connectivity index (χ1n) is 6.24. The highest BCUT2D eigenvalue weighted by Gasteiger charge is 2.27. The Kier molecular flexibility index (Phi) is 4.25. The van der Waals surface area contributed by atoms with Crippen molar-refractivity contribution in [1.29, 1.82) is 5.26 Å². The van der Waals surface area contributed by atoms with E-state index in [2.05, 4.69) is 10.6 Å². The van der Waals surface area contributed by atoms with Crippen molar-refractivity contribution in [2.24, 2.45) is 5.92 Å². The minimum absolute atomic E-state index is 0.0174. The number of nitrogens with one attached hydrogen (secondary N) is 2. The quantitative estimate of drug-likeness (QED) is 0.872. The average Bonchev–Trinajstić information content (AvgIpc) is 2.76. The summed E-state index contributed by atoms with van der Waals surface area (Å²) in [6.07, 6.45) is 0.590. The Morgan fingerprint density at radius 3 is 2.90 bits per heavy atom. The van der Waals surface area contributed by atoms with Gasteiger partial charge >= 0.3 is 6.03 Å². The summed E-state index contributed by atoms with van der Waals surface area (Å²) in [4.78, 5) is 11.7. The summed E-state index contributed by atoms with van der Waals surface area (Å²) in [6.45, 7) is 0.336. The zero-order valence-electron chi connectivity index (χ0n) is 10.8. The van der Waals surface area contributed by atoms with Crippen LogP contribution in [0.1, 0.15) is 12.0 Å². The van der Waals surface area contributed by atoms with Gasteiger partial charge in [-0.25, -0.2) is 13.2 Å². The number of rotatable bonds is 3. The topological polar surface area (TPSA) is 99.1 Å². The number of anilines is 1. The van der Waals surface area contributed by atoms with Crippen molar-refractivity contribution in [2.45, 2.75) is 6.42 Å². The molecule has 2 rings (SSSR count). The third kappa shape index (κ3) is 3.96. The first-order valence-corrected chi connectivity index (χ1v) is 8.06. The first-order chi connectivity index (χ1) is 9.48. The second kappa shape index (κ2) is 5.92. The second-order valence-corrected chi connectivity index (χ2v) is 7.03. The molecule has 20 heavy (non-hydrogen) atoms. The number of hydrogen-bond donors (Lipinski definition) is 2. The van der Waals surface area contributed by atoms with Crippen molar-refractivity contribution >= 4 is 21.6 Å². The molecule has 1 aliphatic rings. The monoisotopic (exact) mass is 293 g/mol. The van der Waals surface area contributed by atoms with Gasteiger partial charge in [-0.3, -0.25) is 0 Å². The first kappa shape index (κ1) is 14.3. The summed E-state index contributed by atoms with van der Waals surface area (Å²) in [5.74, 6) is 0.318. The molecule has 106 valence electrons. The molecular weight excluding hydrogens is 278 g/mol. The third-order valence-corrected chi connectivity index (χ3v) is 4.96. The van der Waals surface area contributed by atoms with E-state index in [4.69, 9.17) is 5.26 Å². The number of sulfone groups is 1. The molecule has 0 bridgehead atoms. The highest BCUT2D eigenvalue weighted by molar-refractivity contribution is 7.91. The fourth-order valence-electron chi connectivity index (χ4n) is 2.11. The Labute approximate surface area is 117 Å². The van der Waals surface area contributed by atoms with Crippen LogP contribution in [0, 0.1) is 17.2 Å². The van der Waals surface area contributed by atoms with Crippen LogP contribution in [0.2, 0.25) is 0 Å². The highest BCUT2D eigenvalue weighted by atomic mass is 32.2. The van der Waals surface area contributed by atoms with Crippen molar-refractivity contribution in [2.75, 3.05) is 23.4 Å². The molecule has 7 heteroatoms. The van der Waals surface area contributed by atoms with Gasteiger partial charge in [0.2, 0.25) is 0 Å². The molecule has 1 unspecified atom stereocenters. The van der Waals surface area contributed by atoms with Gasteiger partial charge in [-0.05, 0) is 30.5 Å². The maximum atomic E-state index is 11.7. The SMILES string of the molecule is N#Cc1cccc(NC(=O)NCC2CCS(=O)(=O)C2)c1. The number of carbonyl (C=O) groups excluding carboxylic acids is 1. The molecule has 0 saturated carbocycles. The number of benzene rings is 1. The molecule has 1 aliphatic heterocycles. The number of nitrogens with zero attached hydrogens (tertiary/aromatic N) is 1. The van der Waals surface area contributed by atoms with E-state index >= 15 is 0 Å². The van der Waals surface area contributed by atoms with Crippen LogP contribution < -0.4 is 10.6 Å². The molecule has 0 aliphatic carbocycles. The second-order valence-electron chi connectivity index (χ2n) is 4.80. The molecule has 1 saturated heterocycles. The van der Waals surface area contributed by atoms with E-state index in [1.165, 1.54) is 0 Å². The molecule has 1 heterocycles. The maximum Gasteiger partial charge on any atom is 0.319 e. The molecule has 2 N–H and O–H groups in total. The number of hydrogen-bond acceptors (Lipinski definition) is 4. The largest absolute Gasteiger partial charge is 0.338 e. The lowest BCUT2D eigenvalue weighted by atomic mass is 10.1. The van der Waals surface area contributed by atoms with Gasteiger partial charge in [-0.1, -0.05) is 6.07 Å². The normalized spacial score (nSPS) is 20.1. The van der Waals surface area contributed by atoms with Gasteiger partial charge in [0.15, 0.2) is 9.84 Å². The van der Waals surface area contributed by atoms with Gasteiger partial charge in [0.25, 0.3) is 0 Å². The third-order valence-electron chi connectivity index (χ3n) is 3.13. The maximum absolute atomic E-state index is 11.7. The van der Waals surface area contributed by atoms with E-state index in [9.17, 15) is 13.2 Å². The summed E-state index contributed by atoms with van der Waals surface area (Å²) in [5, 5.41) is 14.0. The van der Waals surface area contributed by atoms with Crippen LogP contribution in [0.25, 0.3) is 0 Å². The predicted octanol–water partition coefficient (Wildman–Crippen LogP) is 1.11. The van der Waals surface area contributed by atoms with Crippen LogP contribution in [0.5, 0.6) is 0 Å². The number of amides is 2. The Balaban J connectivity index is 1.83. The van der Waals surface area contributed by atoms with Gasteiger partial charge in [-0.2, -0.15) is 5.26 Å². The molecule has 6 nitrogen and oxygen atoms in total. The lowest BCUT2D eigenvalue weighted by molar-refractivity contribution is 0.250.